The molecule has 4 heteroatoms. The Kier molecular flexibility index (Phi) is 230. The summed E-state index contributed by atoms with van der Waals surface area (Å²) in [5.74, 6) is 0. The third-order valence-electron chi connectivity index (χ3n) is 0. The topological polar surface area (TPSA) is 0 Å². The summed E-state index contributed by atoms with van der Waals surface area (Å²) in [6, 6.07) is 0. The number of rotatable bonds is 0. The van der Waals surface area contributed by atoms with E-state index < -0.39 is 0 Å². The van der Waals surface area contributed by atoms with Crippen molar-refractivity contribution in [3.8, 4) is 0 Å². The standard InChI is InChI=1S/BH3.Co.Ni.W/h1H3;;;. The maximum absolute atomic E-state index is 0. The molecule has 0 atom stereocenters. The Morgan fingerprint density at radius 1 is 1.00 bits per heavy atom. The van der Waals surface area contributed by atoms with Crippen LogP contribution in [0.3, 0.4) is 0 Å². The van der Waals surface area contributed by atoms with Crippen LogP contribution in [-0.4, -0.2) is 8.41 Å². The summed E-state index contributed by atoms with van der Waals surface area (Å²) in [7, 11) is 0. The largest absolute Gasteiger partial charge is 0.0814 e. The second-order valence-electron chi connectivity index (χ2n) is 0. The molecule has 1 radical (unpaired) electrons. The SMILES string of the molecule is B.[Co].[Ni].[W]. The van der Waals surface area contributed by atoms with Crippen LogP contribution in [0.25, 0.3) is 0 Å². The van der Waals surface area contributed by atoms with Crippen molar-refractivity contribution in [2.75, 3.05) is 0 Å². The summed E-state index contributed by atoms with van der Waals surface area (Å²) < 4.78 is 0. The van der Waals surface area contributed by atoms with E-state index in [1.165, 1.54) is 0 Å². The smallest absolute Gasteiger partial charge is 0 e. The monoisotopic (exact) mass is 315 g/mol. The van der Waals surface area contributed by atoms with Gasteiger partial charge in [0.2, 0.25) is 0 Å². The first-order valence-corrected chi connectivity index (χ1v) is 0. The number of hydrogen-bond acceptors (Lipinski definition) is 0. The minimum absolute atomic E-state index is 0. The van der Waals surface area contributed by atoms with Crippen molar-refractivity contribution in [1.82, 2.24) is 0 Å². The van der Waals surface area contributed by atoms with E-state index in [1.54, 1.807) is 0 Å². The van der Waals surface area contributed by atoms with E-state index in [2.05, 4.69) is 0 Å². The second-order valence-corrected chi connectivity index (χ2v) is 0. The molecule has 0 bridgehead atoms. The van der Waals surface area contributed by atoms with Crippen molar-refractivity contribution < 1.29 is 54.3 Å². The predicted molar refractivity (Wildman–Crippen MR) is 9.94 cm³/mol. The fraction of sp³-hybridized carbons (Fsp3) is 0. The zero-order valence-corrected chi connectivity index (χ0v) is 6.02. The molecular formula is H3BCoNiW. The van der Waals surface area contributed by atoms with E-state index >= 15 is 0 Å². The molecule has 0 saturated heterocycles. The molecular weight excluding hydrogens is 312 g/mol. The molecule has 0 amide bonds. The van der Waals surface area contributed by atoms with Crippen molar-refractivity contribution in [2.24, 2.45) is 0 Å². The quantitative estimate of drug-likeness (QED) is 0.493. The molecule has 0 heterocycles. The van der Waals surface area contributed by atoms with Gasteiger partial charge in [0.05, 0.1) is 8.41 Å². The summed E-state index contributed by atoms with van der Waals surface area (Å²) in [6.45, 7) is 0. The van der Waals surface area contributed by atoms with Crippen LogP contribution in [0.2, 0.25) is 0 Å². The van der Waals surface area contributed by atoms with Crippen LogP contribution in [0.1, 0.15) is 0 Å². The molecule has 0 aromatic carbocycles. The third-order valence-corrected chi connectivity index (χ3v) is 0. The van der Waals surface area contributed by atoms with Crippen molar-refractivity contribution in [3.63, 3.8) is 0 Å². The van der Waals surface area contributed by atoms with Gasteiger partial charge >= 0.3 is 0 Å². The molecule has 31 valence electrons. The van der Waals surface area contributed by atoms with E-state index in [0.29, 0.717) is 0 Å². The minimum atomic E-state index is 0. The summed E-state index contributed by atoms with van der Waals surface area (Å²) >= 11 is 0. The first-order chi connectivity index (χ1) is 0. The fourth-order valence-corrected chi connectivity index (χ4v) is 0. The maximum atomic E-state index is 0. The van der Waals surface area contributed by atoms with E-state index in [4.69, 9.17) is 0 Å². The molecule has 0 aromatic heterocycles. The number of hydrogen-bond donors (Lipinski definition) is 0. The molecule has 0 aliphatic carbocycles. The molecule has 0 fully saturated rings. The molecule has 0 aliphatic rings. The fourth-order valence-electron chi connectivity index (χ4n) is 0. The molecule has 0 aromatic rings. The van der Waals surface area contributed by atoms with Crippen LogP contribution in [0.5, 0.6) is 0 Å². The van der Waals surface area contributed by atoms with Gasteiger partial charge in [0, 0.05) is 54.3 Å². The Morgan fingerprint density at radius 3 is 1.00 bits per heavy atom. The van der Waals surface area contributed by atoms with E-state index in [-0.39, 0.29) is 62.7 Å². The molecule has 0 rings (SSSR count). The Morgan fingerprint density at radius 2 is 1.00 bits per heavy atom. The zero-order valence-electron chi connectivity index (χ0n) is 1.06. The van der Waals surface area contributed by atoms with Gasteiger partial charge in [-0.05, 0) is 0 Å². The summed E-state index contributed by atoms with van der Waals surface area (Å²) in [5, 5.41) is 0. The van der Waals surface area contributed by atoms with Crippen LogP contribution >= 0.6 is 0 Å². The van der Waals surface area contributed by atoms with Crippen molar-refractivity contribution in [1.29, 1.82) is 0 Å². The normalized spacial score (nSPS) is 0. The van der Waals surface area contributed by atoms with Crippen LogP contribution in [-0.2, 0) is 54.3 Å². The van der Waals surface area contributed by atoms with Crippen molar-refractivity contribution >= 4 is 8.41 Å². The van der Waals surface area contributed by atoms with Gasteiger partial charge in [-0.1, -0.05) is 0 Å². The van der Waals surface area contributed by atoms with E-state index in [1.807, 2.05) is 0 Å². The van der Waals surface area contributed by atoms with Crippen LogP contribution < -0.4 is 0 Å². The summed E-state index contributed by atoms with van der Waals surface area (Å²) in [4.78, 5) is 0. The summed E-state index contributed by atoms with van der Waals surface area (Å²) in [5.41, 5.74) is 0. The van der Waals surface area contributed by atoms with Crippen LogP contribution in [0.15, 0.2) is 0 Å². The average molecular weight is 315 g/mol. The molecule has 0 saturated carbocycles. The Labute approximate surface area is 62.4 Å². The van der Waals surface area contributed by atoms with Gasteiger partial charge < -0.3 is 0 Å². The van der Waals surface area contributed by atoms with Gasteiger partial charge in [0.25, 0.3) is 0 Å². The third kappa shape index (κ3) is 9.26. The Bertz CT molecular complexity index is 8.00. The van der Waals surface area contributed by atoms with E-state index in [9.17, 15) is 0 Å². The maximum Gasteiger partial charge on any atom is 0.0814 e. The molecule has 0 spiro atoms. The van der Waals surface area contributed by atoms with Crippen LogP contribution in [0.4, 0.5) is 0 Å². The Balaban J connectivity index is 0. The van der Waals surface area contributed by atoms with Gasteiger partial charge in [0.1, 0.15) is 0 Å². The predicted octanol–water partition coefficient (Wildman–Crippen LogP) is -1.19. The van der Waals surface area contributed by atoms with Gasteiger partial charge in [0.15, 0.2) is 0 Å². The van der Waals surface area contributed by atoms with Gasteiger partial charge in [-0.3, -0.25) is 0 Å². The first kappa shape index (κ1) is 42.3. The second kappa shape index (κ2) is 21.8. The Hall–Kier alpha value is 1.75. The molecule has 0 aliphatic heterocycles. The van der Waals surface area contributed by atoms with Crippen molar-refractivity contribution in [2.45, 2.75) is 0 Å². The minimum Gasteiger partial charge on any atom is 0 e. The molecule has 0 N–H and O–H groups in total. The van der Waals surface area contributed by atoms with Gasteiger partial charge in [-0.2, -0.15) is 0 Å². The van der Waals surface area contributed by atoms with Crippen molar-refractivity contribution in [3.05, 3.63) is 0 Å². The molecule has 0 nitrogen and oxygen atoms in total. The summed E-state index contributed by atoms with van der Waals surface area (Å²) in [6.07, 6.45) is 0. The molecule has 4 heavy (non-hydrogen) atoms. The van der Waals surface area contributed by atoms with E-state index in [0.717, 1.165) is 0 Å². The average Bonchev–Trinajstić information content (AvgIpc) is 0. The van der Waals surface area contributed by atoms with Gasteiger partial charge in [-0.15, -0.1) is 0 Å². The first-order valence-electron chi connectivity index (χ1n) is 0. The van der Waals surface area contributed by atoms with Gasteiger partial charge in [-0.25, -0.2) is 0 Å². The molecule has 0 unspecified atom stereocenters. The zero-order chi connectivity index (χ0) is 0. The van der Waals surface area contributed by atoms with Crippen LogP contribution in [0, 0.1) is 0 Å².